The molecule has 0 radical (unpaired) electrons. The van der Waals surface area contributed by atoms with Crippen LogP contribution in [-0.4, -0.2) is 32.3 Å². The molecule has 0 bridgehead atoms. The van der Waals surface area contributed by atoms with Crippen LogP contribution in [0.3, 0.4) is 0 Å². The molecule has 2 aromatic rings. The minimum Gasteiger partial charge on any atom is -0.493 e. The summed E-state index contributed by atoms with van der Waals surface area (Å²) in [7, 11) is 4.39. The van der Waals surface area contributed by atoms with Gasteiger partial charge in [0.15, 0.2) is 16.6 Å². The highest BCUT2D eigenvalue weighted by atomic mass is 32.1. The minimum atomic E-state index is -0.465. The van der Waals surface area contributed by atoms with Crippen LogP contribution in [0, 0.1) is 5.82 Å². The van der Waals surface area contributed by atoms with Crippen LogP contribution < -0.4 is 30.4 Å². The molecule has 0 aliphatic carbocycles. The Kier molecular flexibility index (Phi) is 6.56. The molecule has 2 aromatic carbocycles. The zero-order chi connectivity index (χ0) is 19.1. The third-order valence-corrected chi connectivity index (χ3v) is 3.52. The van der Waals surface area contributed by atoms with Crippen molar-refractivity contribution in [1.29, 1.82) is 0 Å². The predicted molar refractivity (Wildman–Crippen MR) is 99.3 cm³/mol. The number of carbonyl (C=O) groups excluding carboxylic acids is 1. The number of nitrogens with one attached hydrogen (secondary N) is 3. The van der Waals surface area contributed by atoms with Crippen molar-refractivity contribution in [2.75, 3.05) is 26.6 Å². The molecule has 1 amide bonds. The number of amides is 1. The molecular formula is C17H18FN3O4S. The van der Waals surface area contributed by atoms with Crippen LogP contribution in [0.5, 0.6) is 17.2 Å². The smallest absolute Gasteiger partial charge is 0.269 e. The molecule has 0 aliphatic rings. The number of halogens is 1. The lowest BCUT2D eigenvalue weighted by molar-refractivity contribution is 0.0943. The quantitative estimate of drug-likeness (QED) is 0.544. The van der Waals surface area contributed by atoms with E-state index in [9.17, 15) is 9.18 Å². The van der Waals surface area contributed by atoms with Crippen molar-refractivity contribution in [2.24, 2.45) is 0 Å². The summed E-state index contributed by atoms with van der Waals surface area (Å²) in [5.74, 6) is 0.263. The van der Waals surface area contributed by atoms with Crippen molar-refractivity contribution < 1.29 is 23.4 Å². The van der Waals surface area contributed by atoms with Crippen molar-refractivity contribution in [3.05, 3.63) is 47.8 Å². The van der Waals surface area contributed by atoms with Gasteiger partial charge in [0.25, 0.3) is 5.91 Å². The number of methoxy groups -OCH3 is 3. The second-order valence-electron chi connectivity index (χ2n) is 4.95. The SMILES string of the molecule is COc1cc(C(=O)NNC(=S)Nc2ccc(F)cc2)cc(OC)c1OC. The van der Waals surface area contributed by atoms with Crippen LogP contribution in [0.25, 0.3) is 0 Å². The lowest BCUT2D eigenvalue weighted by Crippen LogP contribution is -2.43. The second kappa shape index (κ2) is 8.86. The van der Waals surface area contributed by atoms with Gasteiger partial charge < -0.3 is 19.5 Å². The van der Waals surface area contributed by atoms with E-state index >= 15 is 0 Å². The molecule has 0 aliphatic heterocycles. The first kappa shape index (κ1) is 19.3. The van der Waals surface area contributed by atoms with Gasteiger partial charge in [0.1, 0.15) is 5.82 Å². The second-order valence-corrected chi connectivity index (χ2v) is 5.36. The number of benzene rings is 2. The Bertz CT molecular complexity index is 774. The van der Waals surface area contributed by atoms with Gasteiger partial charge in [0.05, 0.1) is 21.3 Å². The largest absolute Gasteiger partial charge is 0.493 e. The van der Waals surface area contributed by atoms with Gasteiger partial charge in [-0.05, 0) is 48.6 Å². The van der Waals surface area contributed by atoms with E-state index < -0.39 is 5.91 Å². The van der Waals surface area contributed by atoms with E-state index in [-0.39, 0.29) is 16.5 Å². The number of carbonyl (C=O) groups is 1. The lowest BCUT2D eigenvalue weighted by Gasteiger charge is -2.15. The summed E-state index contributed by atoms with van der Waals surface area (Å²) in [4.78, 5) is 12.3. The Hall–Kier alpha value is -3.07. The Morgan fingerprint density at radius 1 is 0.962 bits per heavy atom. The normalized spacial score (nSPS) is 9.85. The molecular weight excluding hydrogens is 361 g/mol. The molecule has 0 heterocycles. The van der Waals surface area contributed by atoms with Crippen LogP contribution in [-0.2, 0) is 0 Å². The van der Waals surface area contributed by atoms with Crippen molar-refractivity contribution in [3.8, 4) is 17.2 Å². The van der Waals surface area contributed by atoms with Crippen LogP contribution in [0.2, 0.25) is 0 Å². The average Bonchev–Trinajstić information content (AvgIpc) is 2.66. The van der Waals surface area contributed by atoms with Gasteiger partial charge in [-0.25, -0.2) is 4.39 Å². The molecule has 0 fully saturated rings. The first-order valence-corrected chi connectivity index (χ1v) is 7.82. The number of anilines is 1. The van der Waals surface area contributed by atoms with E-state index in [0.717, 1.165) is 0 Å². The summed E-state index contributed by atoms with van der Waals surface area (Å²) in [6, 6.07) is 8.64. The Morgan fingerprint density at radius 3 is 2.04 bits per heavy atom. The van der Waals surface area contributed by atoms with Crippen LogP contribution in [0.4, 0.5) is 10.1 Å². The number of hydrogen-bond acceptors (Lipinski definition) is 5. The van der Waals surface area contributed by atoms with Crippen LogP contribution >= 0.6 is 12.2 Å². The molecule has 2 rings (SSSR count). The molecule has 26 heavy (non-hydrogen) atoms. The number of rotatable bonds is 5. The maximum Gasteiger partial charge on any atom is 0.269 e. The number of hydrazine groups is 1. The Balaban J connectivity index is 2.03. The summed E-state index contributed by atoms with van der Waals surface area (Å²) in [6.07, 6.45) is 0. The summed E-state index contributed by atoms with van der Waals surface area (Å²) < 4.78 is 28.5. The average molecular weight is 379 g/mol. The van der Waals surface area contributed by atoms with Gasteiger partial charge in [0, 0.05) is 11.3 Å². The van der Waals surface area contributed by atoms with Crippen molar-refractivity contribution in [1.82, 2.24) is 10.9 Å². The van der Waals surface area contributed by atoms with Crippen molar-refractivity contribution in [2.45, 2.75) is 0 Å². The fourth-order valence-corrected chi connectivity index (χ4v) is 2.26. The highest BCUT2D eigenvalue weighted by molar-refractivity contribution is 7.80. The number of thiocarbonyl (C=S) groups is 1. The highest BCUT2D eigenvalue weighted by Crippen LogP contribution is 2.38. The number of ether oxygens (including phenoxy) is 3. The maximum absolute atomic E-state index is 12.9. The topological polar surface area (TPSA) is 80.9 Å². The van der Waals surface area contributed by atoms with Gasteiger partial charge >= 0.3 is 0 Å². The third kappa shape index (κ3) is 4.73. The predicted octanol–water partition coefficient (Wildman–Crippen LogP) is 2.48. The molecule has 3 N–H and O–H groups in total. The number of hydrogen-bond donors (Lipinski definition) is 3. The monoisotopic (exact) mass is 379 g/mol. The van der Waals surface area contributed by atoms with Crippen molar-refractivity contribution >= 4 is 28.9 Å². The molecule has 0 unspecified atom stereocenters. The molecule has 0 saturated carbocycles. The Labute approximate surface area is 155 Å². The van der Waals surface area contributed by atoms with E-state index in [4.69, 9.17) is 26.4 Å². The Morgan fingerprint density at radius 2 is 1.54 bits per heavy atom. The first-order valence-electron chi connectivity index (χ1n) is 7.41. The molecule has 0 aromatic heterocycles. The molecule has 7 nitrogen and oxygen atoms in total. The molecule has 0 spiro atoms. The zero-order valence-electron chi connectivity index (χ0n) is 14.4. The van der Waals surface area contributed by atoms with Gasteiger partial charge in [0.2, 0.25) is 5.75 Å². The van der Waals surface area contributed by atoms with E-state index in [1.54, 1.807) is 0 Å². The van der Waals surface area contributed by atoms with E-state index in [1.807, 2.05) is 0 Å². The molecule has 9 heteroatoms. The van der Waals surface area contributed by atoms with E-state index in [1.165, 1.54) is 57.7 Å². The fraction of sp³-hybridized carbons (Fsp3) is 0.176. The van der Waals surface area contributed by atoms with Gasteiger partial charge in [-0.3, -0.25) is 15.6 Å². The highest BCUT2D eigenvalue weighted by Gasteiger charge is 2.17. The van der Waals surface area contributed by atoms with Crippen molar-refractivity contribution in [3.63, 3.8) is 0 Å². The van der Waals surface area contributed by atoms with Gasteiger partial charge in [-0.2, -0.15) is 0 Å². The summed E-state index contributed by atoms with van der Waals surface area (Å²) in [6.45, 7) is 0. The third-order valence-electron chi connectivity index (χ3n) is 3.32. The van der Waals surface area contributed by atoms with E-state index in [2.05, 4.69) is 16.2 Å². The van der Waals surface area contributed by atoms with Crippen LogP contribution in [0.15, 0.2) is 36.4 Å². The molecule has 0 atom stereocenters. The minimum absolute atomic E-state index is 0.136. The fourth-order valence-electron chi connectivity index (χ4n) is 2.09. The first-order chi connectivity index (χ1) is 12.5. The van der Waals surface area contributed by atoms with Gasteiger partial charge in [-0.1, -0.05) is 0 Å². The standard InChI is InChI=1S/C17H18FN3O4S/c1-23-13-8-10(9-14(24-2)15(13)25-3)16(22)20-21-17(26)19-12-6-4-11(18)5-7-12/h4-9H,1-3H3,(H,20,22)(H2,19,21,26). The molecule has 138 valence electrons. The zero-order valence-corrected chi connectivity index (χ0v) is 15.2. The maximum atomic E-state index is 12.9. The van der Waals surface area contributed by atoms with Crippen LogP contribution in [0.1, 0.15) is 10.4 Å². The summed E-state index contributed by atoms with van der Waals surface area (Å²) in [5.41, 5.74) is 5.86. The van der Waals surface area contributed by atoms with Gasteiger partial charge in [-0.15, -0.1) is 0 Å². The molecule has 0 saturated heterocycles. The summed E-state index contributed by atoms with van der Waals surface area (Å²) >= 11 is 5.07. The summed E-state index contributed by atoms with van der Waals surface area (Å²) in [5, 5.41) is 2.95. The lowest BCUT2D eigenvalue weighted by atomic mass is 10.1. The van der Waals surface area contributed by atoms with E-state index in [0.29, 0.717) is 22.9 Å².